The van der Waals surface area contributed by atoms with Crippen LogP contribution in [0.5, 0.6) is 0 Å². The lowest BCUT2D eigenvalue weighted by Crippen LogP contribution is -2.34. The topological polar surface area (TPSA) is 63.4 Å². The Hall–Kier alpha value is -1.86. The van der Waals surface area contributed by atoms with Crippen molar-refractivity contribution < 1.29 is 9.72 Å². The number of para-hydroxylation sites is 1. The summed E-state index contributed by atoms with van der Waals surface area (Å²) in [6, 6.07) is 10.7. The highest BCUT2D eigenvalue weighted by atomic mass is 32.2. The Balaban J connectivity index is 1.65. The van der Waals surface area contributed by atoms with Crippen LogP contribution in [0.4, 0.5) is 5.69 Å². The summed E-state index contributed by atoms with van der Waals surface area (Å²) in [6.07, 6.45) is 1.01. The molecule has 5 nitrogen and oxygen atoms in total. The molecule has 1 aliphatic heterocycles. The number of carbonyl (C=O) groups excluding carboxylic acids is 1. The number of thiophene rings is 1. The minimum Gasteiger partial charge on any atom is -0.342 e. The van der Waals surface area contributed by atoms with Crippen molar-refractivity contribution in [1.29, 1.82) is 0 Å². The monoisotopic (exact) mass is 362 g/mol. The Morgan fingerprint density at radius 3 is 2.83 bits per heavy atom. The number of nitrogens with zero attached hydrogens (tertiary/aromatic N) is 2. The van der Waals surface area contributed by atoms with Gasteiger partial charge in [0.25, 0.3) is 5.69 Å². The highest BCUT2D eigenvalue weighted by Crippen LogP contribution is 2.36. The molecule has 0 spiro atoms. The van der Waals surface area contributed by atoms with Gasteiger partial charge < -0.3 is 4.90 Å². The van der Waals surface area contributed by atoms with Gasteiger partial charge in [0.15, 0.2) is 0 Å². The van der Waals surface area contributed by atoms with E-state index in [2.05, 4.69) is 17.5 Å². The molecule has 1 unspecified atom stereocenters. The number of rotatable bonds is 4. The minimum atomic E-state index is -0.423. The second-order valence-corrected chi connectivity index (χ2v) is 7.90. The van der Waals surface area contributed by atoms with Crippen LogP contribution in [0, 0.1) is 10.1 Å². The van der Waals surface area contributed by atoms with E-state index in [0.717, 1.165) is 12.2 Å². The van der Waals surface area contributed by atoms with Gasteiger partial charge in [-0.05, 0) is 17.9 Å². The average molecular weight is 362 g/mol. The van der Waals surface area contributed by atoms with Crippen LogP contribution in [0.2, 0.25) is 0 Å². The quantitative estimate of drug-likeness (QED) is 0.611. The number of hydrogen-bond donors (Lipinski definition) is 0. The van der Waals surface area contributed by atoms with Crippen molar-refractivity contribution >= 4 is 34.7 Å². The number of nitro benzene ring substituents is 1. The smallest absolute Gasteiger partial charge is 0.273 e. The standard InChI is InChI=1S/C17H18N2O3S2/c20-17(12-13-4-1-2-5-14(13)19(21)22)18-8-7-16(24-11-9-18)15-6-3-10-23-15/h1-6,10,16H,7-9,11-12H2. The molecule has 1 amide bonds. The van der Waals surface area contributed by atoms with Crippen LogP contribution < -0.4 is 0 Å². The van der Waals surface area contributed by atoms with E-state index in [0.29, 0.717) is 23.9 Å². The Morgan fingerprint density at radius 2 is 2.08 bits per heavy atom. The third-order valence-electron chi connectivity index (χ3n) is 4.08. The van der Waals surface area contributed by atoms with E-state index in [1.54, 1.807) is 29.5 Å². The van der Waals surface area contributed by atoms with Gasteiger partial charge in [0.1, 0.15) is 0 Å². The number of hydrogen-bond acceptors (Lipinski definition) is 5. The number of thioether (sulfide) groups is 1. The molecule has 0 bridgehead atoms. The summed E-state index contributed by atoms with van der Waals surface area (Å²) < 4.78 is 0. The molecule has 3 rings (SSSR count). The summed E-state index contributed by atoms with van der Waals surface area (Å²) in [5.41, 5.74) is 0.505. The molecule has 1 saturated heterocycles. The second kappa shape index (κ2) is 7.81. The lowest BCUT2D eigenvalue weighted by molar-refractivity contribution is -0.385. The number of nitro groups is 1. The van der Waals surface area contributed by atoms with Crippen LogP contribution >= 0.6 is 23.1 Å². The molecular formula is C17H18N2O3S2. The molecule has 0 saturated carbocycles. The maximum atomic E-state index is 12.6. The fourth-order valence-electron chi connectivity index (χ4n) is 2.83. The van der Waals surface area contributed by atoms with Crippen molar-refractivity contribution in [2.75, 3.05) is 18.8 Å². The predicted molar refractivity (Wildman–Crippen MR) is 97.5 cm³/mol. The average Bonchev–Trinajstić information content (AvgIpc) is 2.99. The van der Waals surface area contributed by atoms with Crippen molar-refractivity contribution in [2.24, 2.45) is 0 Å². The normalized spacial score (nSPS) is 18.2. The SMILES string of the molecule is O=C(Cc1ccccc1[N+](=O)[O-])N1CCSC(c2cccs2)CC1. The Kier molecular flexibility index (Phi) is 5.52. The molecule has 7 heteroatoms. The summed E-state index contributed by atoms with van der Waals surface area (Å²) in [7, 11) is 0. The maximum absolute atomic E-state index is 12.6. The Bertz CT molecular complexity index is 718. The Labute approximate surface area is 148 Å². The molecule has 2 aromatic rings. The van der Waals surface area contributed by atoms with Gasteiger partial charge in [-0.2, -0.15) is 11.8 Å². The summed E-state index contributed by atoms with van der Waals surface area (Å²) in [5.74, 6) is 0.863. The highest BCUT2D eigenvalue weighted by molar-refractivity contribution is 7.99. The zero-order valence-corrected chi connectivity index (χ0v) is 14.7. The van der Waals surface area contributed by atoms with E-state index in [9.17, 15) is 14.9 Å². The van der Waals surface area contributed by atoms with Gasteiger partial charge in [-0.25, -0.2) is 0 Å². The third kappa shape index (κ3) is 3.96. The van der Waals surface area contributed by atoms with E-state index in [-0.39, 0.29) is 18.0 Å². The molecule has 126 valence electrons. The number of carbonyl (C=O) groups is 1. The van der Waals surface area contributed by atoms with Crippen LogP contribution in [0.3, 0.4) is 0 Å². The van der Waals surface area contributed by atoms with Crippen molar-refractivity contribution in [3.05, 3.63) is 62.3 Å². The van der Waals surface area contributed by atoms with Crippen molar-refractivity contribution in [3.63, 3.8) is 0 Å². The van der Waals surface area contributed by atoms with E-state index < -0.39 is 4.92 Å². The Morgan fingerprint density at radius 1 is 1.25 bits per heavy atom. The molecule has 24 heavy (non-hydrogen) atoms. The molecule has 1 aromatic carbocycles. The van der Waals surface area contributed by atoms with Gasteiger partial charge in [-0.3, -0.25) is 14.9 Å². The second-order valence-electron chi connectivity index (χ2n) is 5.61. The van der Waals surface area contributed by atoms with E-state index in [1.165, 1.54) is 10.9 Å². The van der Waals surface area contributed by atoms with Crippen molar-refractivity contribution in [3.8, 4) is 0 Å². The first-order valence-corrected chi connectivity index (χ1v) is 9.73. The number of amides is 1. The first kappa shape index (κ1) is 17.0. The highest BCUT2D eigenvalue weighted by Gasteiger charge is 2.24. The van der Waals surface area contributed by atoms with E-state index in [4.69, 9.17) is 0 Å². The van der Waals surface area contributed by atoms with Gasteiger partial charge in [0.2, 0.25) is 5.91 Å². The summed E-state index contributed by atoms with van der Waals surface area (Å²) >= 11 is 3.64. The van der Waals surface area contributed by atoms with Crippen molar-refractivity contribution in [2.45, 2.75) is 18.1 Å². The van der Waals surface area contributed by atoms with Gasteiger partial charge in [-0.1, -0.05) is 24.3 Å². The lowest BCUT2D eigenvalue weighted by Gasteiger charge is -2.20. The van der Waals surface area contributed by atoms with Gasteiger partial charge in [0, 0.05) is 40.6 Å². The van der Waals surface area contributed by atoms with Crippen LogP contribution in [0.15, 0.2) is 41.8 Å². The zero-order chi connectivity index (χ0) is 16.9. The van der Waals surface area contributed by atoms with Crippen LogP contribution in [-0.4, -0.2) is 34.6 Å². The largest absolute Gasteiger partial charge is 0.342 e. The van der Waals surface area contributed by atoms with Crippen LogP contribution in [0.25, 0.3) is 0 Å². The third-order valence-corrected chi connectivity index (χ3v) is 6.53. The zero-order valence-electron chi connectivity index (χ0n) is 13.1. The molecule has 2 heterocycles. The first-order valence-electron chi connectivity index (χ1n) is 7.80. The summed E-state index contributed by atoms with van der Waals surface area (Å²) in [4.78, 5) is 26.4. The first-order chi connectivity index (χ1) is 11.6. The molecule has 1 aliphatic rings. The van der Waals surface area contributed by atoms with Crippen LogP contribution in [0.1, 0.15) is 22.1 Å². The molecular weight excluding hydrogens is 344 g/mol. The molecule has 1 fully saturated rings. The van der Waals surface area contributed by atoms with E-state index in [1.807, 2.05) is 16.7 Å². The molecule has 1 atom stereocenters. The van der Waals surface area contributed by atoms with Crippen molar-refractivity contribution in [1.82, 2.24) is 4.90 Å². The van der Waals surface area contributed by atoms with Gasteiger partial charge >= 0.3 is 0 Å². The number of benzene rings is 1. The molecule has 0 N–H and O–H groups in total. The van der Waals surface area contributed by atoms with E-state index >= 15 is 0 Å². The fraction of sp³-hybridized carbons (Fsp3) is 0.353. The van der Waals surface area contributed by atoms with Crippen LogP contribution in [-0.2, 0) is 11.2 Å². The predicted octanol–water partition coefficient (Wildman–Crippen LogP) is 3.91. The lowest BCUT2D eigenvalue weighted by atomic mass is 10.1. The maximum Gasteiger partial charge on any atom is 0.273 e. The molecule has 0 radical (unpaired) electrons. The minimum absolute atomic E-state index is 0.0199. The van der Waals surface area contributed by atoms with Gasteiger partial charge in [0.05, 0.1) is 11.3 Å². The summed E-state index contributed by atoms with van der Waals surface area (Å²) in [6.45, 7) is 1.40. The molecule has 1 aromatic heterocycles. The molecule has 0 aliphatic carbocycles. The fourth-order valence-corrected chi connectivity index (χ4v) is 5.07. The summed E-state index contributed by atoms with van der Waals surface area (Å²) in [5, 5.41) is 13.6. The van der Waals surface area contributed by atoms with Gasteiger partial charge in [-0.15, -0.1) is 11.3 Å².